The number of nitrogens with zero attached hydrogens (tertiary/aromatic N) is 7. The number of ether oxygens (including phenoxy) is 2. The fourth-order valence-electron chi connectivity index (χ4n) is 6.49. The molecule has 0 radical (unpaired) electrons. The zero-order valence-electron chi connectivity index (χ0n) is 28.5. The molecule has 0 fully saturated rings. The number of aromatic nitrogens is 5. The number of carbonyl (C=O) groups is 1. The number of carbonyl (C=O) groups excluding carboxylic acids is 1. The molecule has 13 heteroatoms. The van der Waals surface area contributed by atoms with Crippen LogP contribution < -0.4 is 4.74 Å². The summed E-state index contributed by atoms with van der Waals surface area (Å²) in [6.45, 7) is 3.91. The van der Waals surface area contributed by atoms with Gasteiger partial charge in [0.05, 0.1) is 47.9 Å². The summed E-state index contributed by atoms with van der Waals surface area (Å²) in [5.74, 6) is -1.57. The molecule has 0 N–H and O–H groups in total. The van der Waals surface area contributed by atoms with E-state index in [-0.39, 0.29) is 36.5 Å². The van der Waals surface area contributed by atoms with Gasteiger partial charge in [-0.25, -0.2) is 13.8 Å². The van der Waals surface area contributed by atoms with Crippen LogP contribution in [0.3, 0.4) is 0 Å². The lowest BCUT2D eigenvalue weighted by Crippen LogP contribution is -2.40. The maximum atomic E-state index is 16.2. The molecule has 0 aliphatic carbocycles. The van der Waals surface area contributed by atoms with Crippen molar-refractivity contribution in [1.82, 2.24) is 34.3 Å². The SMILES string of the molecule is COCCOc1cc(F)cc(F)c1-c1c(-c2cc3n(n2)CCN(C(=O)/C=C/CN(C)C)[C@@H]3C)nc(-c2ccc3c(cnn3C)c2)c2ccsc12. The maximum Gasteiger partial charge on any atom is 0.246 e. The predicted molar refractivity (Wildman–Crippen MR) is 191 cm³/mol. The van der Waals surface area contributed by atoms with Gasteiger partial charge in [0.2, 0.25) is 5.91 Å². The minimum Gasteiger partial charge on any atom is -0.490 e. The number of benzene rings is 2. The van der Waals surface area contributed by atoms with Crippen molar-refractivity contribution >= 4 is 38.2 Å². The lowest BCUT2D eigenvalue weighted by Gasteiger charge is -2.33. The van der Waals surface area contributed by atoms with Crippen LogP contribution in [0.1, 0.15) is 18.7 Å². The smallest absolute Gasteiger partial charge is 0.246 e. The summed E-state index contributed by atoms with van der Waals surface area (Å²) in [7, 11) is 7.32. The van der Waals surface area contributed by atoms with Gasteiger partial charge in [-0.2, -0.15) is 10.2 Å². The molecule has 1 amide bonds. The molecule has 0 bridgehead atoms. The molecule has 0 unspecified atom stereocenters. The Morgan fingerprint density at radius 3 is 2.72 bits per heavy atom. The van der Waals surface area contributed by atoms with Crippen molar-refractivity contribution in [3.8, 4) is 39.5 Å². The van der Waals surface area contributed by atoms with Crippen LogP contribution in [0.4, 0.5) is 8.78 Å². The first-order valence-electron chi connectivity index (χ1n) is 16.3. The average Bonchev–Trinajstić information content (AvgIpc) is 3.83. The Morgan fingerprint density at radius 2 is 1.92 bits per heavy atom. The van der Waals surface area contributed by atoms with Crippen LogP contribution in [-0.4, -0.2) is 87.8 Å². The number of fused-ring (bicyclic) bond motifs is 3. The quantitative estimate of drug-likeness (QED) is 0.116. The lowest BCUT2D eigenvalue weighted by molar-refractivity contribution is -0.129. The topological polar surface area (TPSA) is 90.5 Å². The number of likely N-dealkylation sites (N-methyl/N-ethyl adjacent to an activating group) is 1. The number of hydrogen-bond donors (Lipinski definition) is 0. The van der Waals surface area contributed by atoms with E-state index >= 15 is 4.39 Å². The molecule has 5 heterocycles. The monoisotopic (exact) mass is 697 g/mol. The minimum absolute atomic E-state index is 0.0421. The Balaban J connectivity index is 1.43. The summed E-state index contributed by atoms with van der Waals surface area (Å²) in [5, 5.41) is 13.1. The molecule has 7 rings (SSSR count). The molecular weight excluding hydrogens is 661 g/mol. The normalized spacial score (nSPS) is 14.8. The number of thiophene rings is 1. The van der Waals surface area contributed by atoms with Gasteiger partial charge < -0.3 is 19.3 Å². The van der Waals surface area contributed by atoms with Crippen LogP contribution in [0.25, 0.3) is 54.8 Å². The molecule has 1 aliphatic heterocycles. The third-order valence-corrected chi connectivity index (χ3v) is 9.89. The molecular formula is C37H37F2N7O3S. The van der Waals surface area contributed by atoms with Crippen LogP contribution in [0.2, 0.25) is 0 Å². The van der Waals surface area contributed by atoms with E-state index in [0.29, 0.717) is 42.3 Å². The van der Waals surface area contributed by atoms with Crippen LogP contribution in [0.15, 0.2) is 66.2 Å². The Hall–Kier alpha value is -4.98. The van der Waals surface area contributed by atoms with Crippen LogP contribution in [-0.2, 0) is 23.1 Å². The number of methoxy groups -OCH3 is 1. The molecule has 1 atom stereocenters. The highest BCUT2D eigenvalue weighted by molar-refractivity contribution is 7.18. The summed E-state index contributed by atoms with van der Waals surface area (Å²) in [6.07, 6.45) is 5.28. The van der Waals surface area contributed by atoms with Crippen LogP contribution in [0, 0.1) is 11.6 Å². The second-order valence-corrected chi connectivity index (χ2v) is 13.5. The second-order valence-electron chi connectivity index (χ2n) is 12.5. The molecule has 258 valence electrons. The first kappa shape index (κ1) is 33.5. The fourth-order valence-corrected chi connectivity index (χ4v) is 7.44. The largest absolute Gasteiger partial charge is 0.490 e. The van der Waals surface area contributed by atoms with E-state index in [1.165, 1.54) is 24.5 Å². The zero-order chi connectivity index (χ0) is 35.1. The molecule has 50 heavy (non-hydrogen) atoms. The van der Waals surface area contributed by atoms with Gasteiger partial charge in [-0.05, 0) is 50.7 Å². The van der Waals surface area contributed by atoms with Crippen molar-refractivity contribution in [1.29, 1.82) is 0 Å². The van der Waals surface area contributed by atoms with E-state index < -0.39 is 11.6 Å². The van der Waals surface area contributed by atoms with Gasteiger partial charge in [0.25, 0.3) is 0 Å². The standard InChI is InChI=1S/C37H37F2N7O3S/c1-22-30-20-28(42-46(30)13-12-45(22)32(47)7-6-11-43(2)3)36-34(33-27(39)18-25(38)19-31(33)49-15-14-48-5)37-26(10-16-50-37)35(41-36)23-8-9-29-24(17-23)21-40-44(29)4/h6-10,16-22H,11-15H2,1-5H3/b7-6+/t22-/m1/s1. The number of rotatable bonds is 10. The molecule has 2 aromatic carbocycles. The number of pyridine rings is 1. The molecule has 10 nitrogen and oxygen atoms in total. The average molecular weight is 698 g/mol. The first-order valence-corrected chi connectivity index (χ1v) is 17.2. The van der Waals surface area contributed by atoms with Gasteiger partial charge in [0.1, 0.15) is 35.4 Å². The Kier molecular flexibility index (Phi) is 9.21. The molecule has 0 saturated heterocycles. The summed E-state index contributed by atoms with van der Waals surface area (Å²) < 4.78 is 46.4. The van der Waals surface area contributed by atoms with Gasteiger partial charge >= 0.3 is 0 Å². The third kappa shape index (κ3) is 6.16. The summed E-state index contributed by atoms with van der Waals surface area (Å²) in [5.41, 5.74) is 4.82. The molecule has 1 aliphatic rings. The molecule has 0 spiro atoms. The van der Waals surface area contributed by atoms with E-state index in [1.807, 2.05) is 95.2 Å². The van der Waals surface area contributed by atoms with Gasteiger partial charge in [-0.3, -0.25) is 14.2 Å². The highest BCUT2D eigenvalue weighted by Gasteiger charge is 2.31. The van der Waals surface area contributed by atoms with Crippen molar-refractivity contribution < 1.29 is 23.0 Å². The molecule has 6 aromatic rings. The molecule has 4 aromatic heterocycles. The van der Waals surface area contributed by atoms with E-state index in [4.69, 9.17) is 19.6 Å². The van der Waals surface area contributed by atoms with Crippen LogP contribution in [0.5, 0.6) is 5.75 Å². The second kappa shape index (κ2) is 13.7. The van der Waals surface area contributed by atoms with Gasteiger partial charge in [-0.15, -0.1) is 11.3 Å². The van der Waals surface area contributed by atoms with Crippen molar-refractivity contribution in [3.05, 3.63) is 83.5 Å². The number of hydrogen-bond acceptors (Lipinski definition) is 8. The number of halogens is 2. The molecule has 0 saturated carbocycles. The van der Waals surface area contributed by atoms with Gasteiger partial charge in [-0.1, -0.05) is 12.1 Å². The predicted octanol–water partition coefficient (Wildman–Crippen LogP) is 6.70. The number of aryl methyl sites for hydroxylation is 1. The van der Waals surface area contributed by atoms with Gasteiger partial charge in [0.15, 0.2) is 0 Å². The lowest BCUT2D eigenvalue weighted by atomic mass is 9.96. The Bertz CT molecular complexity index is 2260. The summed E-state index contributed by atoms with van der Waals surface area (Å²) in [6, 6.07) is 11.7. The highest BCUT2D eigenvalue weighted by atomic mass is 32.1. The van der Waals surface area contributed by atoms with Crippen molar-refractivity contribution in [2.24, 2.45) is 7.05 Å². The first-order chi connectivity index (χ1) is 24.1. The minimum atomic E-state index is -0.779. The summed E-state index contributed by atoms with van der Waals surface area (Å²) in [4.78, 5) is 22.3. The third-order valence-electron chi connectivity index (χ3n) is 8.96. The van der Waals surface area contributed by atoms with Crippen molar-refractivity contribution in [3.63, 3.8) is 0 Å². The fraction of sp³-hybridized carbons (Fsp3) is 0.297. The number of amides is 1. The van der Waals surface area contributed by atoms with E-state index in [1.54, 1.807) is 6.08 Å². The van der Waals surface area contributed by atoms with Crippen LogP contribution >= 0.6 is 11.3 Å². The highest BCUT2D eigenvalue weighted by Crippen LogP contribution is 2.47. The van der Waals surface area contributed by atoms with Crippen molar-refractivity contribution in [2.45, 2.75) is 19.5 Å². The van der Waals surface area contributed by atoms with Crippen molar-refractivity contribution in [2.75, 3.05) is 47.5 Å². The van der Waals surface area contributed by atoms with Gasteiger partial charge in [0, 0.05) is 72.1 Å². The Morgan fingerprint density at radius 1 is 1.08 bits per heavy atom. The zero-order valence-corrected chi connectivity index (χ0v) is 29.3. The van der Waals surface area contributed by atoms with E-state index in [9.17, 15) is 9.18 Å². The maximum absolute atomic E-state index is 16.2. The van der Waals surface area contributed by atoms with E-state index in [2.05, 4.69) is 5.10 Å². The Labute approximate surface area is 292 Å². The summed E-state index contributed by atoms with van der Waals surface area (Å²) >= 11 is 1.44. The van der Waals surface area contributed by atoms with E-state index in [0.717, 1.165) is 38.3 Å².